The molecule has 4 nitrogen and oxygen atoms in total. The molecule has 1 aromatic carbocycles. The van der Waals surface area contributed by atoms with Gasteiger partial charge in [-0.2, -0.15) is 5.26 Å². The van der Waals surface area contributed by atoms with Gasteiger partial charge in [-0.3, -0.25) is 4.79 Å². The first kappa shape index (κ1) is 14.1. The van der Waals surface area contributed by atoms with Gasteiger partial charge in [0, 0.05) is 12.1 Å². The van der Waals surface area contributed by atoms with Crippen molar-refractivity contribution >= 4 is 11.6 Å². The fourth-order valence-electron chi connectivity index (χ4n) is 1.41. The third-order valence-corrected chi connectivity index (χ3v) is 2.64. The summed E-state index contributed by atoms with van der Waals surface area (Å²) in [6, 6.07) is 5.64. The summed E-state index contributed by atoms with van der Waals surface area (Å²) in [6.45, 7) is 2.52. The topological polar surface area (TPSA) is 78.9 Å². The lowest BCUT2D eigenvalue weighted by Gasteiger charge is -2.09. The van der Waals surface area contributed by atoms with E-state index < -0.39 is 5.82 Å². The summed E-state index contributed by atoms with van der Waals surface area (Å²) >= 11 is 0. The van der Waals surface area contributed by atoms with Gasteiger partial charge in [-0.05, 0) is 37.1 Å². The number of carbonyl (C=O) groups excluding carboxylic acids is 1. The first-order valence-electron chi connectivity index (χ1n) is 5.76. The fourth-order valence-corrected chi connectivity index (χ4v) is 1.41. The highest BCUT2D eigenvalue weighted by atomic mass is 19.1. The largest absolute Gasteiger partial charge is 0.330 e. The van der Waals surface area contributed by atoms with Crippen molar-refractivity contribution in [3.05, 3.63) is 29.6 Å². The maximum absolute atomic E-state index is 13.1. The van der Waals surface area contributed by atoms with Crippen LogP contribution in [0.4, 0.5) is 10.1 Å². The Kier molecular flexibility index (Phi) is 5.28. The molecule has 1 aromatic rings. The van der Waals surface area contributed by atoms with Crippen LogP contribution in [0.1, 0.15) is 25.3 Å². The molecule has 1 unspecified atom stereocenters. The quantitative estimate of drug-likeness (QED) is 0.837. The Morgan fingerprint density at radius 3 is 2.94 bits per heavy atom. The molecule has 0 heterocycles. The SMILES string of the molecule is CC(CN)CCC(=O)Nc1ccc(F)c(C#N)c1. The number of nitriles is 1. The van der Waals surface area contributed by atoms with Crippen LogP contribution in [0.2, 0.25) is 0 Å². The van der Waals surface area contributed by atoms with Crippen LogP contribution in [0.5, 0.6) is 0 Å². The second kappa shape index (κ2) is 6.72. The average molecular weight is 249 g/mol. The predicted octanol–water partition coefficient (Wildman–Crippen LogP) is 2.01. The van der Waals surface area contributed by atoms with Gasteiger partial charge >= 0.3 is 0 Å². The molecule has 18 heavy (non-hydrogen) atoms. The van der Waals surface area contributed by atoms with Crippen molar-refractivity contribution < 1.29 is 9.18 Å². The Labute approximate surface area is 106 Å². The Hall–Kier alpha value is -1.93. The van der Waals surface area contributed by atoms with Crippen LogP contribution in [-0.2, 0) is 4.79 Å². The molecular formula is C13H16FN3O. The summed E-state index contributed by atoms with van der Waals surface area (Å²) in [7, 11) is 0. The second-order valence-electron chi connectivity index (χ2n) is 4.23. The van der Waals surface area contributed by atoms with Gasteiger partial charge in [0.2, 0.25) is 5.91 Å². The number of carbonyl (C=O) groups is 1. The number of benzene rings is 1. The first-order valence-corrected chi connectivity index (χ1v) is 5.76. The minimum absolute atomic E-state index is 0.0804. The maximum Gasteiger partial charge on any atom is 0.224 e. The van der Waals surface area contributed by atoms with Crippen LogP contribution in [0.25, 0.3) is 0 Å². The molecule has 0 saturated carbocycles. The molecule has 0 saturated heterocycles. The number of nitrogens with one attached hydrogen (secondary N) is 1. The third-order valence-electron chi connectivity index (χ3n) is 2.64. The lowest BCUT2D eigenvalue weighted by atomic mass is 10.1. The first-order chi connectivity index (χ1) is 8.56. The van der Waals surface area contributed by atoms with E-state index in [2.05, 4.69) is 5.32 Å². The highest BCUT2D eigenvalue weighted by molar-refractivity contribution is 5.90. The highest BCUT2D eigenvalue weighted by Crippen LogP contribution is 2.14. The zero-order chi connectivity index (χ0) is 13.5. The smallest absolute Gasteiger partial charge is 0.224 e. The van der Waals surface area contributed by atoms with Gasteiger partial charge in [-0.1, -0.05) is 6.92 Å². The molecule has 1 amide bonds. The number of rotatable bonds is 5. The van der Waals surface area contributed by atoms with E-state index in [1.807, 2.05) is 6.92 Å². The Morgan fingerprint density at radius 2 is 2.33 bits per heavy atom. The van der Waals surface area contributed by atoms with Crippen molar-refractivity contribution in [2.24, 2.45) is 11.7 Å². The van der Waals surface area contributed by atoms with E-state index in [4.69, 9.17) is 11.0 Å². The molecule has 0 aromatic heterocycles. The fraction of sp³-hybridized carbons (Fsp3) is 0.385. The molecule has 0 radical (unpaired) electrons. The Bertz CT molecular complexity index is 468. The summed E-state index contributed by atoms with van der Waals surface area (Å²) in [6.07, 6.45) is 1.06. The highest BCUT2D eigenvalue weighted by Gasteiger charge is 2.08. The number of amides is 1. The van der Waals surface area contributed by atoms with Crippen molar-refractivity contribution in [3.8, 4) is 6.07 Å². The average Bonchev–Trinajstić information content (AvgIpc) is 2.38. The summed E-state index contributed by atoms with van der Waals surface area (Å²) < 4.78 is 13.1. The molecule has 3 N–H and O–H groups in total. The minimum Gasteiger partial charge on any atom is -0.330 e. The number of hydrogen-bond donors (Lipinski definition) is 2. The van der Waals surface area contributed by atoms with Gasteiger partial charge in [0.1, 0.15) is 11.9 Å². The van der Waals surface area contributed by atoms with Gasteiger partial charge in [-0.25, -0.2) is 4.39 Å². The van der Waals surface area contributed by atoms with Gasteiger partial charge in [0.05, 0.1) is 5.56 Å². The van der Waals surface area contributed by atoms with Crippen LogP contribution in [0, 0.1) is 23.1 Å². The summed E-state index contributed by atoms with van der Waals surface area (Å²) in [4.78, 5) is 11.6. The van der Waals surface area contributed by atoms with E-state index >= 15 is 0 Å². The molecule has 0 aliphatic carbocycles. The normalized spacial score (nSPS) is 11.7. The van der Waals surface area contributed by atoms with Crippen molar-refractivity contribution in [3.63, 3.8) is 0 Å². The van der Waals surface area contributed by atoms with Crippen LogP contribution in [0.15, 0.2) is 18.2 Å². The zero-order valence-corrected chi connectivity index (χ0v) is 10.2. The molecule has 96 valence electrons. The summed E-state index contributed by atoms with van der Waals surface area (Å²) in [5.41, 5.74) is 5.80. The van der Waals surface area contributed by atoms with Crippen LogP contribution >= 0.6 is 0 Å². The molecule has 0 spiro atoms. The molecule has 0 aliphatic heterocycles. The van der Waals surface area contributed by atoms with Gasteiger partial charge < -0.3 is 11.1 Å². The van der Waals surface area contributed by atoms with E-state index in [0.29, 0.717) is 31.0 Å². The van der Waals surface area contributed by atoms with E-state index in [-0.39, 0.29) is 11.5 Å². The van der Waals surface area contributed by atoms with E-state index in [9.17, 15) is 9.18 Å². The van der Waals surface area contributed by atoms with E-state index in [0.717, 1.165) is 6.07 Å². The molecule has 5 heteroatoms. The molecule has 0 fully saturated rings. The van der Waals surface area contributed by atoms with Crippen molar-refractivity contribution in [2.75, 3.05) is 11.9 Å². The molecule has 1 rings (SSSR count). The second-order valence-corrected chi connectivity index (χ2v) is 4.23. The number of halogens is 1. The third kappa shape index (κ3) is 4.15. The molecule has 0 aliphatic rings. The predicted molar refractivity (Wildman–Crippen MR) is 67.2 cm³/mol. The Morgan fingerprint density at radius 1 is 1.61 bits per heavy atom. The van der Waals surface area contributed by atoms with E-state index in [1.165, 1.54) is 12.1 Å². The summed E-state index contributed by atoms with van der Waals surface area (Å²) in [5, 5.41) is 11.3. The van der Waals surface area contributed by atoms with E-state index in [1.54, 1.807) is 6.07 Å². The lowest BCUT2D eigenvalue weighted by Crippen LogP contribution is -2.16. The van der Waals surface area contributed by atoms with Crippen LogP contribution in [-0.4, -0.2) is 12.5 Å². The Balaban J connectivity index is 2.57. The lowest BCUT2D eigenvalue weighted by molar-refractivity contribution is -0.116. The van der Waals surface area contributed by atoms with Crippen molar-refractivity contribution in [2.45, 2.75) is 19.8 Å². The molecular weight excluding hydrogens is 233 g/mol. The van der Waals surface area contributed by atoms with Crippen LogP contribution in [0.3, 0.4) is 0 Å². The van der Waals surface area contributed by atoms with Gasteiger partial charge in [0.25, 0.3) is 0 Å². The minimum atomic E-state index is -0.591. The number of anilines is 1. The number of nitrogens with zero attached hydrogens (tertiary/aromatic N) is 1. The maximum atomic E-state index is 13.1. The van der Waals surface area contributed by atoms with Crippen molar-refractivity contribution in [1.29, 1.82) is 5.26 Å². The number of nitrogens with two attached hydrogens (primary N) is 1. The number of hydrogen-bond acceptors (Lipinski definition) is 3. The monoisotopic (exact) mass is 249 g/mol. The zero-order valence-electron chi connectivity index (χ0n) is 10.2. The van der Waals surface area contributed by atoms with Gasteiger partial charge in [-0.15, -0.1) is 0 Å². The van der Waals surface area contributed by atoms with Crippen LogP contribution < -0.4 is 11.1 Å². The molecule has 1 atom stereocenters. The molecule has 0 bridgehead atoms. The van der Waals surface area contributed by atoms with Crippen molar-refractivity contribution in [1.82, 2.24) is 0 Å². The van der Waals surface area contributed by atoms with Gasteiger partial charge in [0.15, 0.2) is 0 Å². The summed E-state index contributed by atoms with van der Waals surface area (Å²) in [5.74, 6) is -0.461. The standard InChI is InChI=1S/C13H16FN3O/c1-9(7-15)2-5-13(18)17-11-3-4-12(14)10(6-11)8-16/h3-4,6,9H,2,5,7,15H2,1H3,(H,17,18).